The highest BCUT2D eigenvalue weighted by molar-refractivity contribution is 8.18. The number of aliphatic hydroxyl groups is 1. The van der Waals surface area contributed by atoms with Gasteiger partial charge in [-0.3, -0.25) is 20.0 Å². The number of nitro benzene ring substituents is 1. The molecule has 36 heavy (non-hydrogen) atoms. The van der Waals surface area contributed by atoms with Gasteiger partial charge in [0, 0.05) is 23.0 Å². The van der Waals surface area contributed by atoms with Crippen LogP contribution in [0.25, 0.3) is 6.08 Å². The molecule has 0 radical (unpaired) electrons. The number of esters is 2. The van der Waals surface area contributed by atoms with Crippen LogP contribution < -0.4 is 5.32 Å². The van der Waals surface area contributed by atoms with E-state index in [1.807, 2.05) is 18.2 Å². The van der Waals surface area contributed by atoms with Crippen molar-refractivity contribution in [3.8, 4) is 0 Å². The molecule has 1 aliphatic heterocycles. The average Bonchev–Trinajstić information content (AvgIpc) is 2.87. The molecule has 3 rings (SSSR count). The van der Waals surface area contributed by atoms with Crippen LogP contribution in [0.3, 0.4) is 0 Å². The van der Waals surface area contributed by atoms with E-state index >= 15 is 0 Å². The molecule has 1 heterocycles. The SMILES string of the molecule is COC(=O)C1=C(C(=O)OC)C(N(C)C)N=C(c2c(Nc3ccccc3)ccc([N+](=O)[O-])c2/C=C/O)S1. The van der Waals surface area contributed by atoms with Gasteiger partial charge in [0.1, 0.15) is 16.1 Å². The lowest BCUT2D eigenvalue weighted by Crippen LogP contribution is -2.37. The van der Waals surface area contributed by atoms with Crippen molar-refractivity contribution in [2.24, 2.45) is 4.99 Å². The summed E-state index contributed by atoms with van der Waals surface area (Å²) < 4.78 is 9.81. The normalized spacial score (nSPS) is 15.6. The van der Waals surface area contributed by atoms with Gasteiger partial charge in [-0.05, 0) is 38.4 Å². The highest BCUT2D eigenvalue weighted by atomic mass is 32.2. The minimum atomic E-state index is -0.961. The summed E-state index contributed by atoms with van der Waals surface area (Å²) in [4.78, 5) is 42.8. The lowest BCUT2D eigenvalue weighted by Gasteiger charge is -2.29. The number of carbonyl (C=O) groups excluding carboxylic acids is 2. The topological polar surface area (TPSA) is 144 Å². The second-order valence-corrected chi connectivity index (χ2v) is 8.58. The van der Waals surface area contributed by atoms with Crippen LogP contribution in [0.5, 0.6) is 0 Å². The van der Waals surface area contributed by atoms with Crippen molar-refractivity contribution in [2.75, 3.05) is 33.6 Å². The third kappa shape index (κ3) is 5.39. The van der Waals surface area contributed by atoms with Crippen LogP contribution in [-0.4, -0.2) is 66.4 Å². The van der Waals surface area contributed by atoms with Gasteiger partial charge in [0.05, 0.1) is 36.5 Å². The third-order valence-electron chi connectivity index (χ3n) is 5.13. The van der Waals surface area contributed by atoms with Gasteiger partial charge < -0.3 is 19.9 Å². The molecule has 0 bridgehead atoms. The molecule has 1 unspecified atom stereocenters. The van der Waals surface area contributed by atoms with Crippen LogP contribution in [0.4, 0.5) is 17.1 Å². The number of thioether (sulfide) groups is 1. The number of nitro groups is 1. The Morgan fingerprint density at radius 2 is 1.81 bits per heavy atom. The summed E-state index contributed by atoms with van der Waals surface area (Å²) in [5.41, 5.74) is 1.11. The van der Waals surface area contributed by atoms with Gasteiger partial charge in [0.25, 0.3) is 5.69 Å². The fraction of sp³-hybridized carbons (Fsp3) is 0.208. The molecule has 188 valence electrons. The Hall–Kier alpha value is -4.16. The van der Waals surface area contributed by atoms with Gasteiger partial charge in [-0.2, -0.15) is 0 Å². The Balaban J connectivity index is 2.33. The molecule has 2 aromatic carbocycles. The zero-order valence-electron chi connectivity index (χ0n) is 19.9. The van der Waals surface area contributed by atoms with Crippen molar-refractivity contribution in [3.05, 3.63) is 80.4 Å². The van der Waals surface area contributed by atoms with E-state index in [0.29, 0.717) is 17.6 Å². The number of methoxy groups -OCH3 is 2. The number of hydrogen-bond acceptors (Lipinski definition) is 11. The van der Waals surface area contributed by atoms with Crippen molar-refractivity contribution in [1.82, 2.24) is 4.90 Å². The summed E-state index contributed by atoms with van der Waals surface area (Å²) in [6, 6.07) is 11.9. The first-order valence-electron chi connectivity index (χ1n) is 10.5. The van der Waals surface area contributed by atoms with Crippen LogP contribution in [0.15, 0.2) is 64.2 Å². The Bertz CT molecular complexity index is 1270. The molecular formula is C24H24N4O7S. The van der Waals surface area contributed by atoms with E-state index in [-0.39, 0.29) is 32.3 Å². The first-order chi connectivity index (χ1) is 17.2. The van der Waals surface area contributed by atoms with Crippen LogP contribution in [0.1, 0.15) is 11.1 Å². The molecule has 0 amide bonds. The van der Waals surface area contributed by atoms with E-state index in [2.05, 4.69) is 10.3 Å². The van der Waals surface area contributed by atoms with Crippen molar-refractivity contribution in [1.29, 1.82) is 0 Å². The predicted molar refractivity (Wildman–Crippen MR) is 137 cm³/mol. The molecule has 0 aromatic heterocycles. The smallest absolute Gasteiger partial charge is 0.345 e. The zero-order valence-corrected chi connectivity index (χ0v) is 20.7. The van der Waals surface area contributed by atoms with Gasteiger partial charge in [-0.1, -0.05) is 30.0 Å². The molecule has 11 nitrogen and oxygen atoms in total. The van der Waals surface area contributed by atoms with E-state index in [0.717, 1.165) is 11.8 Å². The Kier molecular flexibility index (Phi) is 8.46. The van der Waals surface area contributed by atoms with Gasteiger partial charge in [-0.15, -0.1) is 0 Å². The van der Waals surface area contributed by atoms with E-state index in [4.69, 9.17) is 9.47 Å². The van der Waals surface area contributed by atoms with Crippen LogP contribution in [0, 0.1) is 10.1 Å². The highest BCUT2D eigenvalue weighted by Crippen LogP contribution is 2.41. The summed E-state index contributed by atoms with van der Waals surface area (Å²) in [6.45, 7) is 0. The maximum Gasteiger partial charge on any atom is 0.345 e. The van der Waals surface area contributed by atoms with Gasteiger partial charge in [0.2, 0.25) is 0 Å². The highest BCUT2D eigenvalue weighted by Gasteiger charge is 2.38. The van der Waals surface area contributed by atoms with Gasteiger partial charge in [-0.25, -0.2) is 9.59 Å². The maximum absolute atomic E-state index is 12.7. The number of para-hydroxylation sites is 1. The summed E-state index contributed by atoms with van der Waals surface area (Å²) in [7, 11) is 5.68. The van der Waals surface area contributed by atoms with Crippen LogP contribution in [0.2, 0.25) is 0 Å². The zero-order chi connectivity index (χ0) is 26.4. The van der Waals surface area contributed by atoms with Crippen molar-refractivity contribution < 1.29 is 29.1 Å². The van der Waals surface area contributed by atoms with Crippen LogP contribution >= 0.6 is 11.8 Å². The molecule has 0 aliphatic carbocycles. The second-order valence-electron chi connectivity index (χ2n) is 7.58. The fourth-order valence-electron chi connectivity index (χ4n) is 3.54. The first kappa shape index (κ1) is 26.4. The molecule has 0 spiro atoms. The van der Waals surface area contributed by atoms with Crippen molar-refractivity contribution >= 4 is 51.9 Å². The quantitative estimate of drug-likeness (QED) is 0.232. The minimum absolute atomic E-state index is 0.0228. The van der Waals surface area contributed by atoms with E-state index in [1.54, 1.807) is 31.1 Å². The molecule has 2 aromatic rings. The number of rotatable bonds is 8. The molecule has 1 atom stereocenters. The third-order valence-corrected chi connectivity index (χ3v) is 6.23. The predicted octanol–water partition coefficient (Wildman–Crippen LogP) is 3.85. The Morgan fingerprint density at radius 3 is 2.36 bits per heavy atom. The number of carbonyl (C=O) groups is 2. The summed E-state index contributed by atoms with van der Waals surface area (Å²) in [5.74, 6) is -1.55. The van der Waals surface area contributed by atoms with Crippen molar-refractivity contribution in [2.45, 2.75) is 6.17 Å². The number of benzene rings is 2. The molecular weight excluding hydrogens is 488 g/mol. The Labute approximate surface area is 211 Å². The molecule has 12 heteroatoms. The molecule has 2 N–H and O–H groups in total. The number of hydrogen-bond donors (Lipinski definition) is 2. The maximum atomic E-state index is 12.7. The van der Waals surface area contributed by atoms with E-state index in [1.165, 1.54) is 32.4 Å². The largest absolute Gasteiger partial charge is 0.516 e. The molecule has 0 saturated heterocycles. The molecule has 0 fully saturated rings. The number of aliphatic hydroxyl groups excluding tert-OH is 1. The lowest BCUT2D eigenvalue weighted by atomic mass is 10.0. The number of ether oxygens (including phenoxy) is 2. The Morgan fingerprint density at radius 1 is 1.14 bits per heavy atom. The van der Waals surface area contributed by atoms with Gasteiger partial charge in [0.15, 0.2) is 0 Å². The van der Waals surface area contributed by atoms with Crippen LogP contribution in [-0.2, 0) is 19.1 Å². The summed E-state index contributed by atoms with van der Waals surface area (Å²) >= 11 is 0.825. The summed E-state index contributed by atoms with van der Waals surface area (Å²) in [5, 5.41) is 24.8. The number of anilines is 2. The summed E-state index contributed by atoms with van der Waals surface area (Å²) in [6.07, 6.45) is 0.902. The minimum Gasteiger partial charge on any atom is -0.516 e. The second kappa shape index (κ2) is 11.5. The molecule has 0 saturated carbocycles. The van der Waals surface area contributed by atoms with E-state index in [9.17, 15) is 24.8 Å². The van der Waals surface area contributed by atoms with Gasteiger partial charge >= 0.3 is 11.9 Å². The fourth-order valence-corrected chi connectivity index (χ4v) is 4.67. The number of aliphatic imine (C=N–C) groups is 1. The lowest BCUT2D eigenvalue weighted by molar-refractivity contribution is -0.385. The number of nitrogens with one attached hydrogen (secondary N) is 1. The standard InChI is InChI=1S/C24H24N4O7S/c1-27(2)21-19(23(30)34-3)20(24(31)35-4)36-22(26-21)18-15(12-13-29)17(28(32)33)11-10-16(18)25-14-8-6-5-7-9-14/h5-13,21,25,29H,1-4H3/b13-12+. The number of likely N-dealkylation sites (N-methyl/N-ethyl adjacent to an activating group) is 1. The average molecular weight is 513 g/mol. The first-order valence-corrected chi connectivity index (χ1v) is 11.3. The monoisotopic (exact) mass is 512 g/mol. The van der Waals surface area contributed by atoms with E-state index < -0.39 is 23.0 Å². The van der Waals surface area contributed by atoms with Crippen molar-refractivity contribution in [3.63, 3.8) is 0 Å². The number of nitrogens with zero attached hydrogens (tertiary/aromatic N) is 3. The molecule has 1 aliphatic rings.